The summed E-state index contributed by atoms with van der Waals surface area (Å²) in [6.07, 6.45) is 0. The van der Waals surface area contributed by atoms with Gasteiger partial charge in [-0.3, -0.25) is 4.99 Å². The molecule has 1 atom stereocenters. The van der Waals surface area contributed by atoms with E-state index in [-0.39, 0.29) is 12.6 Å². The predicted molar refractivity (Wildman–Crippen MR) is 87.7 cm³/mol. The summed E-state index contributed by atoms with van der Waals surface area (Å²) in [7, 11) is 1.98. The number of hydrogen-bond acceptors (Lipinski definition) is 3. The monoisotopic (exact) mass is 300 g/mol. The quantitative estimate of drug-likeness (QED) is 0.925. The van der Waals surface area contributed by atoms with Crippen molar-refractivity contribution in [3.05, 3.63) is 64.7 Å². The fraction of sp³-hybridized carbons (Fsp3) is 0.235. The number of aliphatic hydroxyl groups is 1. The molecule has 21 heavy (non-hydrogen) atoms. The van der Waals surface area contributed by atoms with Gasteiger partial charge in [-0.05, 0) is 18.2 Å². The van der Waals surface area contributed by atoms with Crippen molar-refractivity contribution in [3.63, 3.8) is 0 Å². The molecule has 1 unspecified atom stereocenters. The van der Waals surface area contributed by atoms with Crippen LogP contribution in [0.4, 0.5) is 5.69 Å². The lowest BCUT2D eigenvalue weighted by atomic mass is 10.0. The zero-order chi connectivity index (χ0) is 14.8. The van der Waals surface area contributed by atoms with E-state index in [1.54, 1.807) is 0 Å². The number of fused-ring (bicyclic) bond motifs is 1. The van der Waals surface area contributed by atoms with Crippen LogP contribution in [-0.4, -0.2) is 37.1 Å². The molecule has 108 valence electrons. The average Bonchev–Trinajstić information content (AvgIpc) is 2.65. The molecule has 0 spiro atoms. The van der Waals surface area contributed by atoms with Crippen LogP contribution in [0.1, 0.15) is 11.1 Å². The summed E-state index contributed by atoms with van der Waals surface area (Å²) in [5.41, 5.74) is 4.04. The van der Waals surface area contributed by atoms with Crippen molar-refractivity contribution in [2.24, 2.45) is 4.99 Å². The molecule has 0 bridgehead atoms. The second-order valence-corrected chi connectivity index (χ2v) is 5.60. The molecule has 0 saturated heterocycles. The SMILES string of the molecule is CN1c2ccc(Cl)cc2C(c2ccccc2)=NCC1CO. The van der Waals surface area contributed by atoms with E-state index in [4.69, 9.17) is 16.6 Å². The lowest BCUT2D eigenvalue weighted by molar-refractivity contribution is 0.265. The summed E-state index contributed by atoms with van der Waals surface area (Å²) >= 11 is 6.18. The molecule has 3 nitrogen and oxygen atoms in total. The molecule has 1 aliphatic rings. The molecule has 1 heterocycles. The summed E-state index contributed by atoms with van der Waals surface area (Å²) in [4.78, 5) is 6.81. The standard InChI is InChI=1S/C17H17ClN2O/c1-20-14(11-21)10-19-17(12-5-3-2-4-6-12)15-9-13(18)7-8-16(15)20/h2-9,14,21H,10-11H2,1H3. The highest BCUT2D eigenvalue weighted by Crippen LogP contribution is 2.30. The maximum Gasteiger partial charge on any atom is 0.0741 e. The molecule has 0 saturated carbocycles. The number of rotatable bonds is 2. The van der Waals surface area contributed by atoms with Gasteiger partial charge in [0.25, 0.3) is 0 Å². The smallest absolute Gasteiger partial charge is 0.0741 e. The van der Waals surface area contributed by atoms with Gasteiger partial charge in [0.1, 0.15) is 0 Å². The lowest BCUT2D eigenvalue weighted by Crippen LogP contribution is -2.36. The van der Waals surface area contributed by atoms with Crippen molar-refractivity contribution in [2.45, 2.75) is 6.04 Å². The lowest BCUT2D eigenvalue weighted by Gasteiger charge is -2.27. The van der Waals surface area contributed by atoms with Gasteiger partial charge in [-0.1, -0.05) is 41.9 Å². The zero-order valence-corrected chi connectivity index (χ0v) is 12.6. The number of benzene rings is 2. The molecule has 0 aromatic heterocycles. The Morgan fingerprint density at radius 2 is 2.00 bits per heavy atom. The second-order valence-electron chi connectivity index (χ2n) is 5.16. The van der Waals surface area contributed by atoms with Crippen LogP contribution >= 0.6 is 11.6 Å². The summed E-state index contributed by atoms with van der Waals surface area (Å²) in [6.45, 7) is 0.633. The van der Waals surface area contributed by atoms with Gasteiger partial charge in [0.15, 0.2) is 0 Å². The first-order valence-corrected chi connectivity index (χ1v) is 7.32. The van der Waals surface area contributed by atoms with E-state index in [1.165, 1.54) is 0 Å². The maximum atomic E-state index is 9.59. The second kappa shape index (κ2) is 5.88. The molecular weight excluding hydrogens is 284 g/mol. The summed E-state index contributed by atoms with van der Waals surface area (Å²) in [5, 5.41) is 10.3. The first-order chi connectivity index (χ1) is 10.2. The number of aliphatic hydroxyl groups excluding tert-OH is 1. The van der Waals surface area contributed by atoms with Crippen LogP contribution in [0.2, 0.25) is 5.02 Å². The average molecular weight is 301 g/mol. The Bertz CT molecular complexity index is 670. The Labute approximate surface area is 129 Å². The zero-order valence-electron chi connectivity index (χ0n) is 11.8. The number of nitrogens with zero attached hydrogens (tertiary/aromatic N) is 2. The number of anilines is 1. The van der Waals surface area contributed by atoms with E-state index >= 15 is 0 Å². The highest BCUT2D eigenvalue weighted by atomic mass is 35.5. The third-order valence-electron chi connectivity index (χ3n) is 3.86. The van der Waals surface area contributed by atoms with Crippen LogP contribution in [0.3, 0.4) is 0 Å². The third-order valence-corrected chi connectivity index (χ3v) is 4.09. The Balaban J connectivity index is 2.18. The number of likely N-dealkylation sites (N-methyl/N-ethyl adjacent to an activating group) is 1. The highest BCUT2D eigenvalue weighted by Gasteiger charge is 2.23. The molecule has 3 rings (SSSR count). The van der Waals surface area contributed by atoms with Crippen LogP contribution in [0.15, 0.2) is 53.5 Å². The Hall–Kier alpha value is -1.84. The molecule has 0 amide bonds. The van der Waals surface area contributed by atoms with Crippen molar-refractivity contribution in [1.29, 1.82) is 0 Å². The van der Waals surface area contributed by atoms with Crippen LogP contribution < -0.4 is 4.90 Å². The van der Waals surface area contributed by atoms with E-state index in [2.05, 4.69) is 4.90 Å². The van der Waals surface area contributed by atoms with Crippen LogP contribution in [-0.2, 0) is 0 Å². The fourth-order valence-electron chi connectivity index (χ4n) is 2.63. The van der Waals surface area contributed by atoms with E-state index in [0.29, 0.717) is 11.6 Å². The minimum Gasteiger partial charge on any atom is -0.394 e. The molecular formula is C17H17ClN2O. The molecule has 2 aromatic carbocycles. The fourth-order valence-corrected chi connectivity index (χ4v) is 2.80. The van der Waals surface area contributed by atoms with Gasteiger partial charge in [0.2, 0.25) is 0 Å². The number of benzodiazepines with no additional fused rings is 1. The van der Waals surface area contributed by atoms with Gasteiger partial charge in [0.05, 0.1) is 24.9 Å². The molecule has 4 heteroatoms. The minimum atomic E-state index is -0.0221. The predicted octanol–water partition coefficient (Wildman–Crippen LogP) is 2.99. The van der Waals surface area contributed by atoms with Gasteiger partial charge in [-0.25, -0.2) is 0 Å². The Kier molecular flexibility index (Phi) is 3.95. The number of hydrogen-bond donors (Lipinski definition) is 1. The summed E-state index contributed by atoms with van der Waals surface area (Å²) in [5.74, 6) is 0. The third kappa shape index (κ3) is 2.67. The number of halogens is 1. The van der Waals surface area contributed by atoms with E-state index in [9.17, 15) is 5.11 Å². The molecule has 2 aromatic rings. The molecule has 0 fully saturated rings. The van der Waals surface area contributed by atoms with Crippen LogP contribution in [0.5, 0.6) is 0 Å². The summed E-state index contributed by atoms with van der Waals surface area (Å²) < 4.78 is 0. The van der Waals surface area contributed by atoms with E-state index < -0.39 is 0 Å². The maximum absolute atomic E-state index is 9.59. The molecule has 0 radical (unpaired) electrons. The molecule has 1 aliphatic heterocycles. The van der Waals surface area contributed by atoms with E-state index in [0.717, 1.165) is 22.5 Å². The van der Waals surface area contributed by atoms with Gasteiger partial charge >= 0.3 is 0 Å². The Morgan fingerprint density at radius 1 is 1.24 bits per heavy atom. The van der Waals surface area contributed by atoms with Gasteiger partial charge in [-0.15, -0.1) is 0 Å². The van der Waals surface area contributed by atoms with Crippen molar-refractivity contribution in [1.82, 2.24) is 0 Å². The first-order valence-electron chi connectivity index (χ1n) is 6.94. The molecule has 1 N–H and O–H groups in total. The minimum absolute atomic E-state index is 0.0221. The van der Waals surface area contributed by atoms with Gasteiger partial charge in [-0.2, -0.15) is 0 Å². The van der Waals surface area contributed by atoms with Gasteiger partial charge in [0, 0.05) is 28.9 Å². The number of aliphatic imine (C=N–C) groups is 1. The van der Waals surface area contributed by atoms with Crippen molar-refractivity contribution >= 4 is 23.0 Å². The largest absolute Gasteiger partial charge is 0.394 e. The molecule has 0 aliphatic carbocycles. The van der Waals surface area contributed by atoms with Gasteiger partial charge < -0.3 is 10.0 Å². The van der Waals surface area contributed by atoms with E-state index in [1.807, 2.05) is 55.6 Å². The topological polar surface area (TPSA) is 35.8 Å². The van der Waals surface area contributed by atoms with Crippen LogP contribution in [0.25, 0.3) is 0 Å². The highest BCUT2D eigenvalue weighted by molar-refractivity contribution is 6.31. The summed E-state index contributed by atoms with van der Waals surface area (Å²) in [6, 6.07) is 15.9. The van der Waals surface area contributed by atoms with Crippen LogP contribution in [0, 0.1) is 0 Å². The van der Waals surface area contributed by atoms with Crippen molar-refractivity contribution < 1.29 is 5.11 Å². The van der Waals surface area contributed by atoms with Crippen molar-refractivity contribution in [2.75, 3.05) is 25.1 Å². The van der Waals surface area contributed by atoms with Crippen molar-refractivity contribution in [3.8, 4) is 0 Å². The normalized spacial score (nSPS) is 18.0. The first kappa shape index (κ1) is 14.1. The Morgan fingerprint density at radius 3 is 2.71 bits per heavy atom.